The first kappa shape index (κ1) is 18.1. The smallest absolute Gasteiger partial charge is 0.240 e. The van der Waals surface area contributed by atoms with E-state index < -0.39 is 10.0 Å². The summed E-state index contributed by atoms with van der Waals surface area (Å²) < 4.78 is 27.2. The SMILES string of the molecule is CSc1ccc(S(=O)(=O)NC2CCCNC2)cc1Cl.Cl. The lowest BCUT2D eigenvalue weighted by atomic mass is 10.1. The van der Waals surface area contributed by atoms with Crippen molar-refractivity contribution in [2.24, 2.45) is 0 Å². The van der Waals surface area contributed by atoms with Crippen LogP contribution in [0, 0.1) is 0 Å². The first-order chi connectivity index (χ1) is 9.03. The van der Waals surface area contributed by atoms with Crippen LogP contribution in [-0.2, 0) is 10.0 Å². The third-order valence-corrected chi connectivity index (χ3v) is 5.79. The van der Waals surface area contributed by atoms with Crippen LogP contribution >= 0.6 is 35.8 Å². The molecule has 2 N–H and O–H groups in total. The minimum Gasteiger partial charge on any atom is -0.315 e. The van der Waals surface area contributed by atoms with Crippen LogP contribution in [0.5, 0.6) is 0 Å². The molecule has 20 heavy (non-hydrogen) atoms. The molecule has 2 rings (SSSR count). The Kier molecular flexibility index (Phi) is 7.11. The largest absolute Gasteiger partial charge is 0.315 e. The van der Waals surface area contributed by atoms with Crippen LogP contribution in [-0.4, -0.2) is 33.8 Å². The van der Waals surface area contributed by atoms with Crippen molar-refractivity contribution >= 4 is 45.8 Å². The second-order valence-electron chi connectivity index (χ2n) is 4.46. The molecule has 8 heteroatoms. The number of hydrogen-bond donors (Lipinski definition) is 2. The molecular weight excluding hydrogens is 339 g/mol. The molecule has 1 atom stereocenters. The Morgan fingerprint density at radius 2 is 2.20 bits per heavy atom. The second kappa shape index (κ2) is 7.87. The van der Waals surface area contributed by atoms with Gasteiger partial charge in [0.1, 0.15) is 0 Å². The molecule has 1 aliphatic heterocycles. The average molecular weight is 357 g/mol. The Bertz CT molecular complexity index is 546. The van der Waals surface area contributed by atoms with E-state index >= 15 is 0 Å². The minimum atomic E-state index is -3.49. The summed E-state index contributed by atoms with van der Waals surface area (Å²) in [5.41, 5.74) is 0. The molecule has 1 aromatic rings. The van der Waals surface area contributed by atoms with E-state index in [4.69, 9.17) is 11.6 Å². The highest BCUT2D eigenvalue weighted by atomic mass is 35.5. The van der Waals surface area contributed by atoms with Gasteiger partial charge in [-0.2, -0.15) is 0 Å². The molecular formula is C12H18Cl2N2O2S2. The first-order valence-electron chi connectivity index (χ1n) is 6.09. The maximum atomic E-state index is 12.2. The summed E-state index contributed by atoms with van der Waals surface area (Å²) in [5, 5.41) is 3.65. The first-order valence-corrected chi connectivity index (χ1v) is 9.18. The highest BCUT2D eigenvalue weighted by Gasteiger charge is 2.22. The zero-order chi connectivity index (χ0) is 13.9. The lowest BCUT2D eigenvalue weighted by molar-refractivity contribution is 0.428. The lowest BCUT2D eigenvalue weighted by Gasteiger charge is -2.23. The Morgan fingerprint density at radius 3 is 2.75 bits per heavy atom. The Balaban J connectivity index is 0.00000200. The van der Waals surface area contributed by atoms with Gasteiger partial charge in [0, 0.05) is 17.5 Å². The summed E-state index contributed by atoms with van der Waals surface area (Å²) >= 11 is 7.55. The molecule has 0 bridgehead atoms. The fourth-order valence-electron chi connectivity index (χ4n) is 2.05. The summed E-state index contributed by atoms with van der Waals surface area (Å²) in [5.74, 6) is 0. The van der Waals surface area contributed by atoms with Gasteiger partial charge in [0.15, 0.2) is 0 Å². The van der Waals surface area contributed by atoms with E-state index in [1.807, 2.05) is 6.26 Å². The van der Waals surface area contributed by atoms with Crippen molar-refractivity contribution < 1.29 is 8.42 Å². The van der Waals surface area contributed by atoms with Gasteiger partial charge in [-0.25, -0.2) is 13.1 Å². The van der Waals surface area contributed by atoms with Gasteiger partial charge in [0.25, 0.3) is 0 Å². The van der Waals surface area contributed by atoms with E-state index in [9.17, 15) is 8.42 Å². The van der Waals surface area contributed by atoms with Crippen molar-refractivity contribution in [3.05, 3.63) is 23.2 Å². The van der Waals surface area contributed by atoms with E-state index in [-0.39, 0.29) is 23.3 Å². The van der Waals surface area contributed by atoms with Crippen molar-refractivity contribution in [1.29, 1.82) is 0 Å². The van der Waals surface area contributed by atoms with Crippen LogP contribution in [0.15, 0.2) is 28.0 Å². The average Bonchev–Trinajstić information content (AvgIpc) is 2.39. The highest BCUT2D eigenvalue weighted by molar-refractivity contribution is 7.98. The molecule has 0 aliphatic carbocycles. The lowest BCUT2D eigenvalue weighted by Crippen LogP contribution is -2.45. The molecule has 0 spiro atoms. The predicted molar refractivity (Wildman–Crippen MR) is 86.7 cm³/mol. The molecule has 0 amide bonds. The maximum absolute atomic E-state index is 12.2. The van der Waals surface area contributed by atoms with Crippen molar-refractivity contribution in [3.63, 3.8) is 0 Å². The van der Waals surface area contributed by atoms with Crippen LogP contribution in [0.2, 0.25) is 5.02 Å². The normalized spacial score (nSPS) is 19.4. The summed E-state index contributed by atoms with van der Waals surface area (Å²) in [6, 6.07) is 4.79. The van der Waals surface area contributed by atoms with Gasteiger partial charge >= 0.3 is 0 Å². The van der Waals surface area contributed by atoms with E-state index in [0.29, 0.717) is 11.6 Å². The third kappa shape index (κ3) is 4.51. The molecule has 1 saturated heterocycles. The minimum absolute atomic E-state index is 0. The van der Waals surface area contributed by atoms with Gasteiger partial charge in [0.2, 0.25) is 10.0 Å². The molecule has 114 valence electrons. The number of benzene rings is 1. The molecule has 0 aromatic heterocycles. The number of hydrogen-bond acceptors (Lipinski definition) is 4. The van der Waals surface area contributed by atoms with Crippen LogP contribution in [0.3, 0.4) is 0 Å². The van der Waals surface area contributed by atoms with Crippen LogP contribution < -0.4 is 10.0 Å². The predicted octanol–water partition coefficient (Wildman–Crippen LogP) is 2.51. The monoisotopic (exact) mass is 356 g/mol. The summed E-state index contributed by atoms with van der Waals surface area (Å²) in [6.07, 6.45) is 3.75. The van der Waals surface area contributed by atoms with E-state index in [0.717, 1.165) is 24.3 Å². The van der Waals surface area contributed by atoms with Gasteiger partial charge < -0.3 is 5.32 Å². The van der Waals surface area contributed by atoms with Crippen molar-refractivity contribution in [2.75, 3.05) is 19.3 Å². The molecule has 0 saturated carbocycles. The van der Waals surface area contributed by atoms with Crippen LogP contribution in [0.4, 0.5) is 0 Å². The molecule has 4 nitrogen and oxygen atoms in total. The van der Waals surface area contributed by atoms with E-state index in [2.05, 4.69) is 10.0 Å². The number of rotatable bonds is 4. The van der Waals surface area contributed by atoms with Gasteiger partial charge in [-0.3, -0.25) is 0 Å². The quantitative estimate of drug-likeness (QED) is 0.813. The molecule has 1 aromatic carbocycles. The molecule has 1 heterocycles. The fraction of sp³-hybridized carbons (Fsp3) is 0.500. The number of sulfonamides is 1. The summed E-state index contributed by atoms with van der Waals surface area (Å²) in [4.78, 5) is 1.10. The number of piperidine rings is 1. The number of nitrogens with one attached hydrogen (secondary N) is 2. The van der Waals surface area contributed by atoms with Gasteiger partial charge in [0.05, 0.1) is 9.92 Å². The molecule has 0 radical (unpaired) electrons. The number of thioether (sulfide) groups is 1. The Morgan fingerprint density at radius 1 is 1.45 bits per heavy atom. The van der Waals surface area contributed by atoms with Crippen molar-refractivity contribution in [1.82, 2.24) is 10.0 Å². The molecule has 1 unspecified atom stereocenters. The number of halogens is 2. The van der Waals surface area contributed by atoms with Gasteiger partial charge in [-0.1, -0.05) is 11.6 Å². The summed E-state index contributed by atoms with van der Waals surface area (Å²) in [7, 11) is -3.49. The topological polar surface area (TPSA) is 58.2 Å². The molecule has 1 fully saturated rings. The zero-order valence-corrected chi connectivity index (χ0v) is 14.3. The van der Waals surface area contributed by atoms with E-state index in [1.165, 1.54) is 17.8 Å². The maximum Gasteiger partial charge on any atom is 0.240 e. The Labute approximate surface area is 135 Å². The van der Waals surface area contributed by atoms with Crippen molar-refractivity contribution in [2.45, 2.75) is 28.7 Å². The third-order valence-electron chi connectivity index (χ3n) is 3.05. The zero-order valence-electron chi connectivity index (χ0n) is 11.1. The second-order valence-corrected chi connectivity index (χ2v) is 7.43. The van der Waals surface area contributed by atoms with E-state index in [1.54, 1.807) is 12.1 Å². The van der Waals surface area contributed by atoms with Crippen LogP contribution in [0.25, 0.3) is 0 Å². The fourth-order valence-corrected chi connectivity index (χ4v) is 4.29. The van der Waals surface area contributed by atoms with Crippen molar-refractivity contribution in [3.8, 4) is 0 Å². The molecule has 1 aliphatic rings. The van der Waals surface area contributed by atoms with Gasteiger partial charge in [-0.05, 0) is 43.8 Å². The summed E-state index contributed by atoms with van der Waals surface area (Å²) in [6.45, 7) is 1.63. The van der Waals surface area contributed by atoms with Gasteiger partial charge in [-0.15, -0.1) is 24.2 Å². The standard InChI is InChI=1S/C12H17ClN2O2S2.ClH/c1-18-12-5-4-10(7-11(12)13)19(16,17)15-9-3-2-6-14-8-9;/h4-5,7,9,14-15H,2-3,6,8H2,1H3;1H. The van der Waals surface area contributed by atoms with Crippen LogP contribution in [0.1, 0.15) is 12.8 Å². The Hall–Kier alpha value is 0.0200. The highest BCUT2D eigenvalue weighted by Crippen LogP contribution is 2.27.